The molecule has 30 heavy (non-hydrogen) atoms. The molecule has 0 aromatic heterocycles. The molecular formula is C21H32N2O7. The van der Waals surface area contributed by atoms with Gasteiger partial charge in [0.1, 0.15) is 5.60 Å². The predicted octanol–water partition coefficient (Wildman–Crippen LogP) is 2.15. The molecule has 2 amide bonds. The van der Waals surface area contributed by atoms with E-state index in [1.54, 1.807) is 12.1 Å². The van der Waals surface area contributed by atoms with Gasteiger partial charge < -0.3 is 29.6 Å². The van der Waals surface area contributed by atoms with Crippen LogP contribution in [-0.4, -0.2) is 70.2 Å². The molecule has 0 atom stereocenters. The van der Waals surface area contributed by atoms with Crippen molar-refractivity contribution < 1.29 is 33.3 Å². The Labute approximate surface area is 177 Å². The van der Waals surface area contributed by atoms with Crippen LogP contribution >= 0.6 is 0 Å². The molecule has 0 saturated heterocycles. The summed E-state index contributed by atoms with van der Waals surface area (Å²) < 4.78 is 20.5. The van der Waals surface area contributed by atoms with Gasteiger partial charge in [-0.1, -0.05) is 0 Å². The molecule has 1 aromatic carbocycles. The summed E-state index contributed by atoms with van der Waals surface area (Å²) in [6, 6.07) is 6.21. The van der Waals surface area contributed by atoms with Crippen molar-refractivity contribution in [3.63, 3.8) is 0 Å². The van der Waals surface area contributed by atoms with Crippen LogP contribution in [0.15, 0.2) is 24.3 Å². The van der Waals surface area contributed by atoms with Crippen molar-refractivity contribution in [2.45, 2.75) is 32.8 Å². The van der Waals surface area contributed by atoms with Crippen molar-refractivity contribution in [1.29, 1.82) is 0 Å². The Bertz CT molecular complexity index is 669. The molecule has 2 N–H and O–H groups in total. The monoisotopic (exact) mass is 424 g/mol. The number of nitrogens with one attached hydrogen (secondary N) is 2. The Morgan fingerprint density at radius 1 is 0.833 bits per heavy atom. The molecule has 1 rings (SSSR count). The van der Waals surface area contributed by atoms with Crippen LogP contribution in [0.1, 0.15) is 47.9 Å². The first-order valence-electron chi connectivity index (χ1n) is 9.82. The van der Waals surface area contributed by atoms with Gasteiger partial charge >= 0.3 is 12.1 Å². The third-order valence-corrected chi connectivity index (χ3v) is 3.61. The zero-order chi connectivity index (χ0) is 22.4. The van der Waals surface area contributed by atoms with Crippen LogP contribution in [0.2, 0.25) is 0 Å². The van der Waals surface area contributed by atoms with Crippen LogP contribution in [0.25, 0.3) is 0 Å². The molecule has 0 spiro atoms. The van der Waals surface area contributed by atoms with Crippen molar-refractivity contribution >= 4 is 18.0 Å². The van der Waals surface area contributed by atoms with E-state index in [0.29, 0.717) is 57.1 Å². The number of methoxy groups -OCH3 is 1. The highest BCUT2D eigenvalue weighted by molar-refractivity contribution is 5.96. The number of carbonyl (C=O) groups is 3. The maximum atomic E-state index is 12.0. The average molecular weight is 424 g/mol. The molecule has 0 aliphatic rings. The van der Waals surface area contributed by atoms with E-state index >= 15 is 0 Å². The van der Waals surface area contributed by atoms with Crippen molar-refractivity contribution in [2.75, 3.05) is 46.6 Å². The molecule has 0 saturated carbocycles. The summed E-state index contributed by atoms with van der Waals surface area (Å²) in [6.07, 6.45) is 0.233. The third kappa shape index (κ3) is 11.4. The Morgan fingerprint density at radius 2 is 1.43 bits per heavy atom. The Morgan fingerprint density at radius 3 is 2.03 bits per heavy atom. The van der Waals surface area contributed by atoms with Crippen molar-refractivity contribution in [3.8, 4) is 0 Å². The van der Waals surface area contributed by atoms with E-state index in [2.05, 4.69) is 15.4 Å². The largest absolute Gasteiger partial charge is 0.465 e. The zero-order valence-electron chi connectivity index (χ0n) is 18.1. The summed E-state index contributed by atoms with van der Waals surface area (Å²) in [4.78, 5) is 34.8. The summed E-state index contributed by atoms with van der Waals surface area (Å²) in [5.74, 6) is -0.694. The number of hydrogen-bond acceptors (Lipinski definition) is 7. The van der Waals surface area contributed by atoms with E-state index in [9.17, 15) is 14.4 Å². The maximum absolute atomic E-state index is 12.0. The van der Waals surface area contributed by atoms with Gasteiger partial charge in [0.05, 0.1) is 32.5 Å². The zero-order valence-corrected chi connectivity index (χ0v) is 18.1. The van der Waals surface area contributed by atoms with Gasteiger partial charge in [0.15, 0.2) is 0 Å². The van der Waals surface area contributed by atoms with Gasteiger partial charge in [-0.05, 0) is 51.5 Å². The molecule has 9 heteroatoms. The molecule has 0 bridgehead atoms. The lowest BCUT2D eigenvalue weighted by Crippen LogP contribution is -2.33. The summed E-state index contributed by atoms with van der Waals surface area (Å²) >= 11 is 0. The highest BCUT2D eigenvalue weighted by Gasteiger charge is 2.15. The fraction of sp³-hybridized carbons (Fsp3) is 0.571. The van der Waals surface area contributed by atoms with Gasteiger partial charge in [-0.15, -0.1) is 0 Å². The first-order chi connectivity index (χ1) is 14.2. The first-order valence-corrected chi connectivity index (χ1v) is 9.82. The highest BCUT2D eigenvalue weighted by Crippen LogP contribution is 2.06. The van der Waals surface area contributed by atoms with E-state index < -0.39 is 17.7 Å². The van der Waals surface area contributed by atoms with E-state index in [1.807, 2.05) is 20.8 Å². The predicted molar refractivity (Wildman–Crippen MR) is 111 cm³/mol. The second kappa shape index (κ2) is 13.6. The van der Waals surface area contributed by atoms with Gasteiger partial charge in [0.25, 0.3) is 5.91 Å². The molecule has 1 aromatic rings. The Balaban J connectivity index is 2.00. The summed E-state index contributed by atoms with van der Waals surface area (Å²) in [5, 5.41) is 5.39. The number of amides is 2. The number of esters is 1. The molecule has 0 aliphatic carbocycles. The minimum absolute atomic E-state index is 0.247. The number of benzene rings is 1. The molecule has 0 aliphatic heterocycles. The lowest BCUT2D eigenvalue weighted by Gasteiger charge is -2.19. The number of alkyl carbamates (subject to hydrolysis) is 1. The van der Waals surface area contributed by atoms with Crippen molar-refractivity contribution in [2.24, 2.45) is 0 Å². The van der Waals surface area contributed by atoms with Crippen molar-refractivity contribution in [3.05, 3.63) is 35.4 Å². The topological polar surface area (TPSA) is 112 Å². The second-order valence-electron chi connectivity index (χ2n) is 7.33. The summed E-state index contributed by atoms with van der Waals surface area (Å²) in [5.41, 5.74) is 0.330. The fourth-order valence-corrected chi connectivity index (χ4v) is 2.22. The molecular weight excluding hydrogens is 392 g/mol. The molecule has 0 unspecified atom stereocenters. The summed E-state index contributed by atoms with van der Waals surface area (Å²) in [7, 11) is 1.30. The number of ether oxygens (including phenoxy) is 4. The molecule has 0 radical (unpaired) electrons. The van der Waals surface area contributed by atoms with E-state index in [1.165, 1.54) is 19.2 Å². The van der Waals surface area contributed by atoms with Crippen LogP contribution in [0.4, 0.5) is 4.79 Å². The molecule has 168 valence electrons. The minimum Gasteiger partial charge on any atom is -0.465 e. The molecule has 0 heterocycles. The van der Waals surface area contributed by atoms with E-state index in [4.69, 9.17) is 14.2 Å². The van der Waals surface area contributed by atoms with Crippen molar-refractivity contribution in [1.82, 2.24) is 10.6 Å². The first kappa shape index (κ1) is 25.4. The minimum atomic E-state index is -0.507. The molecule has 0 fully saturated rings. The molecule has 9 nitrogen and oxygen atoms in total. The summed E-state index contributed by atoms with van der Waals surface area (Å²) in [6.45, 7) is 7.95. The standard InChI is InChI=1S/C21H32N2O7/c1-21(2,3)30-20(26)23-10-5-12-28-14-15-29-13-11-22-18(24)16-6-8-17(9-7-16)19(25)27-4/h6-9H,5,10-15H2,1-4H3,(H,22,24)(H,23,26). The maximum Gasteiger partial charge on any atom is 0.407 e. The lowest BCUT2D eigenvalue weighted by atomic mass is 10.1. The van der Waals surface area contributed by atoms with Crippen LogP contribution in [0, 0.1) is 0 Å². The van der Waals surface area contributed by atoms with E-state index in [0.717, 1.165) is 0 Å². The number of rotatable bonds is 12. The fourth-order valence-electron chi connectivity index (χ4n) is 2.22. The normalized spacial score (nSPS) is 10.9. The van der Waals surface area contributed by atoms with Gasteiger partial charge in [0, 0.05) is 25.3 Å². The van der Waals surface area contributed by atoms with Crippen LogP contribution in [0.3, 0.4) is 0 Å². The smallest absolute Gasteiger partial charge is 0.407 e. The second-order valence-corrected chi connectivity index (χ2v) is 7.33. The van der Waals surface area contributed by atoms with E-state index in [-0.39, 0.29) is 5.91 Å². The van der Waals surface area contributed by atoms with Crippen LogP contribution in [-0.2, 0) is 18.9 Å². The third-order valence-electron chi connectivity index (χ3n) is 3.61. The van der Waals surface area contributed by atoms with Crippen LogP contribution < -0.4 is 10.6 Å². The number of carbonyl (C=O) groups excluding carboxylic acids is 3. The Kier molecular flexibility index (Phi) is 11.5. The van der Waals surface area contributed by atoms with Gasteiger partial charge in [-0.3, -0.25) is 4.79 Å². The SMILES string of the molecule is COC(=O)c1ccc(C(=O)NCCOCCOCCCNC(=O)OC(C)(C)C)cc1. The average Bonchev–Trinajstić information content (AvgIpc) is 2.70. The Hall–Kier alpha value is -2.65. The quantitative estimate of drug-likeness (QED) is 0.390. The van der Waals surface area contributed by atoms with Crippen LogP contribution in [0.5, 0.6) is 0 Å². The highest BCUT2D eigenvalue weighted by atomic mass is 16.6. The van der Waals surface area contributed by atoms with Gasteiger partial charge in [0.2, 0.25) is 0 Å². The number of hydrogen-bond donors (Lipinski definition) is 2. The van der Waals surface area contributed by atoms with Gasteiger partial charge in [-0.25, -0.2) is 9.59 Å². The van der Waals surface area contributed by atoms with Gasteiger partial charge in [-0.2, -0.15) is 0 Å². The lowest BCUT2D eigenvalue weighted by molar-refractivity contribution is 0.0440.